The summed E-state index contributed by atoms with van der Waals surface area (Å²) >= 11 is 0. The number of ether oxygens (including phenoxy) is 1. The maximum atomic E-state index is 5.26. The highest BCUT2D eigenvalue weighted by molar-refractivity contribution is 14.0. The van der Waals surface area contributed by atoms with Crippen molar-refractivity contribution in [1.29, 1.82) is 0 Å². The van der Waals surface area contributed by atoms with Crippen molar-refractivity contribution < 1.29 is 4.74 Å². The number of hydrogen-bond donors (Lipinski definition) is 2. The van der Waals surface area contributed by atoms with Crippen molar-refractivity contribution in [1.82, 2.24) is 20.4 Å². The van der Waals surface area contributed by atoms with E-state index < -0.39 is 0 Å². The average Bonchev–Trinajstić information content (AvgIpc) is 2.96. The van der Waals surface area contributed by atoms with Crippen molar-refractivity contribution in [2.24, 2.45) is 12.0 Å². The molecule has 1 heterocycles. The molecule has 0 saturated heterocycles. The van der Waals surface area contributed by atoms with E-state index in [1.165, 1.54) is 11.3 Å². The van der Waals surface area contributed by atoms with Gasteiger partial charge in [-0.2, -0.15) is 5.10 Å². The fourth-order valence-corrected chi connectivity index (χ4v) is 2.95. The highest BCUT2D eigenvalue weighted by atomic mass is 127. The first-order chi connectivity index (χ1) is 12.1. The van der Waals surface area contributed by atoms with Gasteiger partial charge in [0.2, 0.25) is 0 Å². The predicted octanol–water partition coefficient (Wildman–Crippen LogP) is 3.04. The number of halogens is 1. The standard InChI is InChI=1S/C19H29N5O.HI/c1-6-17-16(18(7-2)24(4)23-17)13-22-19(20-3)21-12-14-9-8-10-15(11-14)25-5;/h8-11H,6-7,12-13H2,1-5H3,(H2,20,21,22);1H. The van der Waals surface area contributed by atoms with Crippen LogP contribution in [0.1, 0.15) is 36.4 Å². The minimum absolute atomic E-state index is 0. The zero-order valence-corrected chi connectivity index (χ0v) is 18.6. The SMILES string of the molecule is CCc1nn(C)c(CC)c1CNC(=NC)NCc1cccc(OC)c1.I. The van der Waals surface area contributed by atoms with E-state index in [-0.39, 0.29) is 24.0 Å². The van der Waals surface area contributed by atoms with Crippen LogP contribution in [0, 0.1) is 0 Å². The fraction of sp³-hybridized carbons (Fsp3) is 0.474. The van der Waals surface area contributed by atoms with Crippen LogP contribution in [0.4, 0.5) is 0 Å². The summed E-state index contributed by atoms with van der Waals surface area (Å²) in [7, 11) is 5.47. The number of methoxy groups -OCH3 is 1. The Morgan fingerprint density at radius 1 is 1.19 bits per heavy atom. The third-order valence-corrected chi connectivity index (χ3v) is 4.28. The first-order valence-corrected chi connectivity index (χ1v) is 8.73. The van der Waals surface area contributed by atoms with Gasteiger partial charge in [-0.15, -0.1) is 24.0 Å². The molecule has 0 fully saturated rings. The van der Waals surface area contributed by atoms with Crippen molar-refractivity contribution in [3.05, 3.63) is 46.8 Å². The normalized spacial score (nSPS) is 11.0. The minimum Gasteiger partial charge on any atom is -0.497 e. The Morgan fingerprint density at radius 2 is 1.92 bits per heavy atom. The molecule has 1 aromatic heterocycles. The second-order valence-electron chi connectivity index (χ2n) is 5.83. The van der Waals surface area contributed by atoms with Gasteiger partial charge in [0.05, 0.1) is 12.8 Å². The Hall–Kier alpha value is -1.77. The maximum absolute atomic E-state index is 5.26. The molecular formula is C19H30IN5O. The predicted molar refractivity (Wildman–Crippen MR) is 117 cm³/mol. The van der Waals surface area contributed by atoms with Gasteiger partial charge in [0.15, 0.2) is 5.96 Å². The Labute approximate surface area is 173 Å². The molecule has 0 aliphatic rings. The summed E-state index contributed by atoms with van der Waals surface area (Å²) in [6.45, 7) is 5.71. The molecule has 0 aliphatic heterocycles. The molecule has 0 amide bonds. The van der Waals surface area contributed by atoms with E-state index in [1.807, 2.05) is 29.9 Å². The number of aryl methyl sites for hydroxylation is 2. The molecule has 0 aliphatic carbocycles. The number of nitrogens with zero attached hydrogens (tertiary/aromatic N) is 3. The van der Waals surface area contributed by atoms with Gasteiger partial charge >= 0.3 is 0 Å². The van der Waals surface area contributed by atoms with Gasteiger partial charge in [-0.25, -0.2) is 0 Å². The molecule has 0 radical (unpaired) electrons. The van der Waals surface area contributed by atoms with Gasteiger partial charge in [-0.3, -0.25) is 9.67 Å². The van der Waals surface area contributed by atoms with E-state index in [9.17, 15) is 0 Å². The van der Waals surface area contributed by atoms with E-state index in [2.05, 4.69) is 40.6 Å². The Balaban J connectivity index is 0.00000338. The summed E-state index contributed by atoms with van der Waals surface area (Å²) in [6, 6.07) is 8.01. The number of aromatic nitrogens is 2. The second kappa shape index (κ2) is 11.1. The van der Waals surface area contributed by atoms with Crippen molar-refractivity contribution in [2.45, 2.75) is 39.8 Å². The first kappa shape index (κ1) is 22.3. The molecule has 2 rings (SSSR count). The maximum Gasteiger partial charge on any atom is 0.191 e. The van der Waals surface area contributed by atoms with Gasteiger partial charge in [0.1, 0.15) is 5.75 Å². The van der Waals surface area contributed by atoms with Gasteiger partial charge < -0.3 is 15.4 Å². The molecule has 2 aromatic rings. The summed E-state index contributed by atoms with van der Waals surface area (Å²) in [6.07, 6.45) is 1.90. The van der Waals surface area contributed by atoms with E-state index >= 15 is 0 Å². The van der Waals surface area contributed by atoms with Crippen LogP contribution in [-0.2, 0) is 33.0 Å². The van der Waals surface area contributed by atoms with Crippen LogP contribution in [0.25, 0.3) is 0 Å². The largest absolute Gasteiger partial charge is 0.497 e. The molecule has 1 aromatic carbocycles. The lowest BCUT2D eigenvalue weighted by atomic mass is 10.1. The molecule has 26 heavy (non-hydrogen) atoms. The van der Waals surface area contributed by atoms with E-state index in [4.69, 9.17) is 4.74 Å². The van der Waals surface area contributed by atoms with Crippen LogP contribution >= 0.6 is 24.0 Å². The molecule has 2 N–H and O–H groups in total. The van der Waals surface area contributed by atoms with Crippen LogP contribution in [0.5, 0.6) is 5.75 Å². The summed E-state index contributed by atoms with van der Waals surface area (Å²) in [5.74, 6) is 1.63. The molecule has 0 bridgehead atoms. The lowest BCUT2D eigenvalue weighted by molar-refractivity contribution is 0.414. The van der Waals surface area contributed by atoms with Crippen molar-refractivity contribution in [2.75, 3.05) is 14.2 Å². The van der Waals surface area contributed by atoms with Crippen LogP contribution < -0.4 is 15.4 Å². The minimum atomic E-state index is 0. The van der Waals surface area contributed by atoms with E-state index in [0.29, 0.717) is 6.54 Å². The van der Waals surface area contributed by atoms with E-state index in [1.54, 1.807) is 14.2 Å². The van der Waals surface area contributed by atoms with Crippen LogP contribution in [-0.4, -0.2) is 29.9 Å². The second-order valence-corrected chi connectivity index (χ2v) is 5.83. The van der Waals surface area contributed by atoms with Gasteiger partial charge in [-0.1, -0.05) is 26.0 Å². The Morgan fingerprint density at radius 3 is 2.54 bits per heavy atom. The number of aliphatic imine (C=N–C) groups is 1. The van der Waals surface area contributed by atoms with Gasteiger partial charge in [0.25, 0.3) is 0 Å². The fourth-order valence-electron chi connectivity index (χ4n) is 2.95. The zero-order chi connectivity index (χ0) is 18.2. The number of guanidine groups is 1. The quantitative estimate of drug-likeness (QED) is 0.370. The lowest BCUT2D eigenvalue weighted by Crippen LogP contribution is -2.36. The average molecular weight is 471 g/mol. The highest BCUT2D eigenvalue weighted by Gasteiger charge is 2.13. The summed E-state index contributed by atoms with van der Waals surface area (Å²) < 4.78 is 7.25. The highest BCUT2D eigenvalue weighted by Crippen LogP contribution is 2.15. The molecule has 6 nitrogen and oxygen atoms in total. The third kappa shape index (κ3) is 5.62. The molecular weight excluding hydrogens is 441 g/mol. The smallest absolute Gasteiger partial charge is 0.191 e. The Kier molecular flexibility index (Phi) is 9.47. The van der Waals surface area contributed by atoms with Crippen LogP contribution in [0.3, 0.4) is 0 Å². The van der Waals surface area contributed by atoms with Crippen molar-refractivity contribution in [3.8, 4) is 5.75 Å². The molecule has 0 unspecified atom stereocenters. The number of benzene rings is 1. The molecule has 0 saturated carbocycles. The number of nitrogens with one attached hydrogen (secondary N) is 2. The molecule has 7 heteroatoms. The van der Waals surface area contributed by atoms with Crippen LogP contribution in [0.2, 0.25) is 0 Å². The summed E-state index contributed by atoms with van der Waals surface area (Å²) in [5, 5.41) is 11.4. The lowest BCUT2D eigenvalue weighted by Gasteiger charge is -2.13. The molecule has 0 spiro atoms. The van der Waals surface area contributed by atoms with Gasteiger partial charge in [0, 0.05) is 38.4 Å². The zero-order valence-electron chi connectivity index (χ0n) is 16.3. The third-order valence-electron chi connectivity index (χ3n) is 4.28. The molecule has 144 valence electrons. The van der Waals surface area contributed by atoms with Crippen molar-refractivity contribution in [3.63, 3.8) is 0 Å². The first-order valence-electron chi connectivity index (χ1n) is 8.73. The number of rotatable bonds is 7. The molecule has 0 atom stereocenters. The summed E-state index contributed by atoms with van der Waals surface area (Å²) in [4.78, 5) is 4.31. The topological polar surface area (TPSA) is 63.5 Å². The van der Waals surface area contributed by atoms with Crippen LogP contribution in [0.15, 0.2) is 29.3 Å². The Bertz CT molecular complexity index is 727. The van der Waals surface area contributed by atoms with Crippen molar-refractivity contribution >= 4 is 29.9 Å². The van der Waals surface area contributed by atoms with E-state index in [0.717, 1.165) is 42.4 Å². The summed E-state index contributed by atoms with van der Waals surface area (Å²) in [5.41, 5.74) is 4.84. The number of hydrogen-bond acceptors (Lipinski definition) is 3. The van der Waals surface area contributed by atoms with Gasteiger partial charge in [-0.05, 0) is 30.5 Å². The monoisotopic (exact) mass is 471 g/mol.